The fourth-order valence-corrected chi connectivity index (χ4v) is 6.91. The third-order valence-corrected chi connectivity index (χ3v) is 8.26. The number of ether oxygens (including phenoxy) is 1. The molecule has 4 atom stereocenters. The van der Waals surface area contributed by atoms with Gasteiger partial charge in [0.15, 0.2) is 0 Å². The van der Waals surface area contributed by atoms with Gasteiger partial charge < -0.3 is 15.0 Å². The van der Waals surface area contributed by atoms with Crippen molar-refractivity contribution < 1.29 is 9.53 Å². The van der Waals surface area contributed by atoms with Crippen molar-refractivity contribution in [3.8, 4) is 0 Å². The van der Waals surface area contributed by atoms with Crippen LogP contribution >= 0.6 is 0 Å². The van der Waals surface area contributed by atoms with Crippen molar-refractivity contribution >= 4 is 6.09 Å². The van der Waals surface area contributed by atoms with Gasteiger partial charge in [0.1, 0.15) is 0 Å². The maximum atomic E-state index is 12.0. The summed E-state index contributed by atoms with van der Waals surface area (Å²) in [7, 11) is 0. The van der Waals surface area contributed by atoms with Crippen LogP contribution in [-0.2, 0) is 10.2 Å². The fraction of sp³-hybridized carbons (Fsp3) is 0.708. The molecular weight excluding hydrogens is 348 g/mol. The molecule has 1 aliphatic heterocycles. The van der Waals surface area contributed by atoms with Crippen LogP contribution in [0.2, 0.25) is 0 Å². The topological polar surface area (TPSA) is 41.6 Å². The molecule has 0 radical (unpaired) electrons. The molecule has 152 valence electrons. The number of piperidine rings is 1. The van der Waals surface area contributed by atoms with Gasteiger partial charge in [0.2, 0.25) is 0 Å². The highest BCUT2D eigenvalue weighted by atomic mass is 16.5. The van der Waals surface area contributed by atoms with E-state index in [1.807, 2.05) is 6.92 Å². The van der Waals surface area contributed by atoms with Gasteiger partial charge in [-0.1, -0.05) is 30.7 Å². The lowest BCUT2D eigenvalue weighted by Gasteiger charge is -2.42. The Hall–Kier alpha value is -1.55. The Morgan fingerprint density at radius 1 is 1.21 bits per heavy atom. The SMILES string of the molecule is CCOC(=O)N[C@H]1CC2(CCN(C[C@H]3C[C@@H]4CC[C@H]3C4)CC2)c2ccccc21. The van der Waals surface area contributed by atoms with Crippen LogP contribution in [-0.4, -0.2) is 37.2 Å². The van der Waals surface area contributed by atoms with Crippen LogP contribution in [0.25, 0.3) is 0 Å². The highest BCUT2D eigenvalue weighted by molar-refractivity contribution is 5.68. The number of likely N-dealkylation sites (tertiary alicyclic amines) is 1. The molecule has 2 saturated carbocycles. The normalized spacial score (nSPS) is 33.2. The number of alkyl carbamates (subject to hydrolysis) is 1. The molecule has 0 aromatic heterocycles. The largest absolute Gasteiger partial charge is 0.450 e. The Labute approximate surface area is 169 Å². The first-order chi connectivity index (χ1) is 13.7. The number of rotatable bonds is 4. The first-order valence-electron chi connectivity index (χ1n) is 11.4. The van der Waals surface area contributed by atoms with Gasteiger partial charge in [-0.3, -0.25) is 0 Å². The van der Waals surface area contributed by atoms with E-state index in [0.717, 1.165) is 24.2 Å². The van der Waals surface area contributed by atoms with Gasteiger partial charge in [-0.05, 0) is 87.4 Å². The third kappa shape index (κ3) is 3.24. The van der Waals surface area contributed by atoms with E-state index in [-0.39, 0.29) is 17.6 Å². The Morgan fingerprint density at radius 3 is 2.75 bits per heavy atom. The van der Waals surface area contributed by atoms with Crippen LogP contribution in [0.3, 0.4) is 0 Å². The van der Waals surface area contributed by atoms with Crippen LogP contribution in [0.15, 0.2) is 24.3 Å². The summed E-state index contributed by atoms with van der Waals surface area (Å²) in [6.45, 7) is 6.00. The molecule has 4 heteroatoms. The second kappa shape index (κ2) is 7.37. The molecule has 5 rings (SSSR count). The fourth-order valence-electron chi connectivity index (χ4n) is 6.91. The number of amides is 1. The molecule has 2 bridgehead atoms. The zero-order valence-corrected chi connectivity index (χ0v) is 17.2. The van der Waals surface area contributed by atoms with Crippen LogP contribution in [0, 0.1) is 17.8 Å². The van der Waals surface area contributed by atoms with Crippen molar-refractivity contribution in [2.45, 2.75) is 63.3 Å². The highest BCUT2D eigenvalue weighted by Crippen LogP contribution is 2.52. The van der Waals surface area contributed by atoms with E-state index in [4.69, 9.17) is 4.74 Å². The van der Waals surface area contributed by atoms with Gasteiger partial charge in [0.05, 0.1) is 12.6 Å². The summed E-state index contributed by atoms with van der Waals surface area (Å²) in [6, 6.07) is 8.85. The quantitative estimate of drug-likeness (QED) is 0.824. The lowest BCUT2D eigenvalue weighted by atomic mass is 9.73. The molecule has 3 aliphatic carbocycles. The Balaban J connectivity index is 1.25. The summed E-state index contributed by atoms with van der Waals surface area (Å²) in [5.41, 5.74) is 3.00. The molecule has 1 heterocycles. The zero-order valence-electron chi connectivity index (χ0n) is 17.2. The van der Waals surface area contributed by atoms with E-state index in [0.29, 0.717) is 6.61 Å². The lowest BCUT2D eigenvalue weighted by molar-refractivity contribution is 0.116. The minimum Gasteiger partial charge on any atom is -0.450 e. The second-order valence-electron chi connectivity index (χ2n) is 9.72. The van der Waals surface area contributed by atoms with E-state index in [1.54, 1.807) is 0 Å². The zero-order chi connectivity index (χ0) is 19.1. The molecule has 1 saturated heterocycles. The number of nitrogens with one attached hydrogen (secondary N) is 1. The van der Waals surface area contributed by atoms with Crippen molar-refractivity contribution in [2.24, 2.45) is 17.8 Å². The van der Waals surface area contributed by atoms with E-state index in [2.05, 4.69) is 34.5 Å². The molecule has 1 amide bonds. The molecular formula is C24H34N2O2. The number of hydrogen-bond donors (Lipinski definition) is 1. The molecule has 28 heavy (non-hydrogen) atoms. The maximum Gasteiger partial charge on any atom is 0.407 e. The van der Waals surface area contributed by atoms with E-state index in [1.165, 1.54) is 69.3 Å². The van der Waals surface area contributed by atoms with Crippen LogP contribution in [0.1, 0.15) is 69.0 Å². The Morgan fingerprint density at radius 2 is 2.04 bits per heavy atom. The summed E-state index contributed by atoms with van der Waals surface area (Å²) in [6.07, 6.45) is 9.15. The van der Waals surface area contributed by atoms with Crippen molar-refractivity contribution in [3.05, 3.63) is 35.4 Å². The van der Waals surface area contributed by atoms with Gasteiger partial charge in [-0.25, -0.2) is 4.79 Å². The molecule has 0 unspecified atom stereocenters. The van der Waals surface area contributed by atoms with Crippen molar-refractivity contribution in [3.63, 3.8) is 0 Å². The number of carbonyl (C=O) groups excluding carboxylic acids is 1. The molecule has 3 fully saturated rings. The van der Waals surface area contributed by atoms with Gasteiger partial charge in [0, 0.05) is 12.0 Å². The van der Waals surface area contributed by atoms with Gasteiger partial charge in [0.25, 0.3) is 0 Å². The number of hydrogen-bond acceptors (Lipinski definition) is 3. The van der Waals surface area contributed by atoms with Crippen molar-refractivity contribution in [1.82, 2.24) is 10.2 Å². The van der Waals surface area contributed by atoms with Crippen LogP contribution in [0.4, 0.5) is 4.79 Å². The van der Waals surface area contributed by atoms with Gasteiger partial charge in [-0.2, -0.15) is 0 Å². The molecule has 1 aromatic rings. The van der Waals surface area contributed by atoms with Crippen LogP contribution < -0.4 is 5.32 Å². The van der Waals surface area contributed by atoms with Gasteiger partial charge in [-0.15, -0.1) is 0 Å². The second-order valence-corrected chi connectivity index (χ2v) is 9.72. The average Bonchev–Trinajstić information content (AvgIpc) is 3.39. The van der Waals surface area contributed by atoms with Crippen molar-refractivity contribution in [1.29, 1.82) is 0 Å². The van der Waals surface area contributed by atoms with E-state index < -0.39 is 0 Å². The molecule has 1 N–H and O–H groups in total. The summed E-state index contributed by atoms with van der Waals surface area (Å²) >= 11 is 0. The summed E-state index contributed by atoms with van der Waals surface area (Å²) in [5, 5.41) is 3.12. The first kappa shape index (κ1) is 18.5. The Kier molecular flexibility index (Phi) is 4.86. The molecule has 4 aliphatic rings. The van der Waals surface area contributed by atoms with Crippen molar-refractivity contribution in [2.75, 3.05) is 26.2 Å². The summed E-state index contributed by atoms with van der Waals surface area (Å²) in [4.78, 5) is 14.8. The lowest BCUT2D eigenvalue weighted by Crippen LogP contribution is -2.44. The molecule has 4 nitrogen and oxygen atoms in total. The number of fused-ring (bicyclic) bond motifs is 4. The number of nitrogens with zero attached hydrogens (tertiary/aromatic N) is 1. The smallest absolute Gasteiger partial charge is 0.407 e. The third-order valence-electron chi connectivity index (χ3n) is 8.26. The van der Waals surface area contributed by atoms with Gasteiger partial charge >= 0.3 is 6.09 Å². The van der Waals surface area contributed by atoms with Crippen LogP contribution in [0.5, 0.6) is 0 Å². The first-order valence-corrected chi connectivity index (χ1v) is 11.4. The number of carbonyl (C=O) groups is 1. The molecule has 1 spiro atoms. The predicted octanol–water partition coefficient (Wildman–Crippen LogP) is 4.65. The standard InChI is InChI=1S/C24H34N2O2/c1-2-28-23(27)25-22-15-24(21-6-4-3-5-20(21)22)9-11-26(12-10-24)16-19-14-17-7-8-18(19)13-17/h3-6,17-19,22H,2,7-16H2,1H3,(H,25,27)/t17-,18+,19-,22+/m1/s1. The maximum absolute atomic E-state index is 12.0. The predicted molar refractivity (Wildman–Crippen MR) is 110 cm³/mol. The van der Waals surface area contributed by atoms with E-state index in [9.17, 15) is 4.79 Å². The monoisotopic (exact) mass is 382 g/mol. The summed E-state index contributed by atoms with van der Waals surface area (Å²) < 4.78 is 5.15. The minimum atomic E-state index is -0.284. The molecule has 1 aromatic carbocycles. The average molecular weight is 383 g/mol. The minimum absolute atomic E-state index is 0.0902. The van der Waals surface area contributed by atoms with E-state index >= 15 is 0 Å². The number of benzene rings is 1. The summed E-state index contributed by atoms with van der Waals surface area (Å²) in [5.74, 6) is 3.02. The Bertz CT molecular complexity index is 725. The highest BCUT2D eigenvalue weighted by Gasteiger charge is 2.47.